The third-order valence-electron chi connectivity index (χ3n) is 6.08. The van der Waals surface area contributed by atoms with Gasteiger partial charge in [-0.2, -0.15) is 5.10 Å². The number of aryl methyl sites for hydroxylation is 1. The highest BCUT2D eigenvalue weighted by atomic mass is 32.1. The first-order chi connectivity index (χ1) is 13.1. The van der Waals surface area contributed by atoms with Crippen LogP contribution < -0.4 is 5.32 Å². The van der Waals surface area contributed by atoms with Gasteiger partial charge >= 0.3 is 0 Å². The Labute approximate surface area is 162 Å². The second kappa shape index (κ2) is 6.42. The van der Waals surface area contributed by atoms with E-state index in [1.165, 1.54) is 17.7 Å². The molecule has 27 heavy (non-hydrogen) atoms. The molecule has 1 amide bonds. The van der Waals surface area contributed by atoms with Crippen molar-refractivity contribution in [1.29, 1.82) is 0 Å². The topological polar surface area (TPSA) is 73.9 Å². The lowest BCUT2D eigenvalue weighted by Gasteiger charge is -2.36. The maximum Gasteiger partial charge on any atom is 0.272 e. The van der Waals surface area contributed by atoms with Crippen LogP contribution in [0.3, 0.4) is 0 Å². The Balaban J connectivity index is 1.36. The molecule has 2 saturated heterocycles. The molecule has 140 valence electrons. The number of piperidine rings is 1. The minimum absolute atomic E-state index is 0.0759. The number of hydrogen-bond donors (Lipinski definition) is 2. The number of aromatic amines is 1. The Hall–Kier alpha value is -2.25. The average Bonchev–Trinajstić information content (AvgIpc) is 3.31. The van der Waals surface area contributed by atoms with Gasteiger partial charge in [0.1, 0.15) is 5.01 Å². The van der Waals surface area contributed by atoms with Crippen LogP contribution in [0.15, 0.2) is 24.4 Å². The van der Waals surface area contributed by atoms with E-state index >= 15 is 0 Å². The van der Waals surface area contributed by atoms with Crippen LogP contribution in [-0.4, -0.2) is 51.2 Å². The van der Waals surface area contributed by atoms with Gasteiger partial charge in [-0.25, -0.2) is 4.98 Å². The van der Waals surface area contributed by atoms with Gasteiger partial charge in [0.05, 0.1) is 5.52 Å². The summed E-state index contributed by atoms with van der Waals surface area (Å²) >= 11 is 1.66. The van der Waals surface area contributed by atoms with Crippen molar-refractivity contribution in [1.82, 2.24) is 25.4 Å². The van der Waals surface area contributed by atoms with Gasteiger partial charge in [0, 0.05) is 40.1 Å². The maximum atomic E-state index is 12.8. The number of hydrogen-bond acceptors (Lipinski definition) is 5. The number of fused-ring (bicyclic) bond motifs is 3. The van der Waals surface area contributed by atoms with E-state index < -0.39 is 0 Å². The van der Waals surface area contributed by atoms with Crippen LogP contribution in [-0.2, 0) is 0 Å². The van der Waals surface area contributed by atoms with E-state index in [-0.39, 0.29) is 11.9 Å². The Morgan fingerprint density at radius 3 is 2.78 bits per heavy atom. The third kappa shape index (κ3) is 2.95. The van der Waals surface area contributed by atoms with Gasteiger partial charge < -0.3 is 10.2 Å². The molecule has 2 aliphatic heterocycles. The summed E-state index contributed by atoms with van der Waals surface area (Å²) in [7, 11) is 2.21. The number of aromatic nitrogens is 3. The Morgan fingerprint density at radius 1 is 1.30 bits per heavy atom. The molecule has 2 bridgehead atoms. The third-order valence-corrected chi connectivity index (χ3v) is 7.04. The summed E-state index contributed by atoms with van der Waals surface area (Å²) < 4.78 is 0. The predicted molar refractivity (Wildman–Crippen MR) is 107 cm³/mol. The lowest BCUT2D eigenvalue weighted by Crippen LogP contribution is -2.48. The second-order valence-electron chi connectivity index (χ2n) is 7.80. The monoisotopic (exact) mass is 381 g/mol. The molecule has 0 radical (unpaired) electrons. The van der Waals surface area contributed by atoms with E-state index in [0.717, 1.165) is 34.3 Å². The van der Waals surface area contributed by atoms with Crippen molar-refractivity contribution in [3.8, 4) is 10.6 Å². The fourth-order valence-corrected chi connectivity index (χ4v) is 5.36. The SMILES string of the molecule is Cc1cnc(-c2ccc3c(C(=O)NC4CC5CCC(C4)N5C)n[nH]c3c2)s1. The molecule has 6 nitrogen and oxygen atoms in total. The number of thiazole rings is 1. The Bertz CT molecular complexity index is 995. The summed E-state index contributed by atoms with van der Waals surface area (Å²) in [5.41, 5.74) is 2.40. The number of amides is 1. The van der Waals surface area contributed by atoms with Crippen LogP contribution in [0, 0.1) is 6.92 Å². The molecule has 5 rings (SSSR count). The van der Waals surface area contributed by atoms with Gasteiger partial charge in [-0.15, -0.1) is 11.3 Å². The lowest BCUT2D eigenvalue weighted by atomic mass is 9.98. The summed E-state index contributed by atoms with van der Waals surface area (Å²) in [4.78, 5) is 20.9. The molecule has 4 heterocycles. The number of nitrogens with one attached hydrogen (secondary N) is 2. The molecule has 7 heteroatoms. The first kappa shape index (κ1) is 16.9. The molecule has 2 aliphatic rings. The molecular weight excluding hydrogens is 358 g/mol. The van der Waals surface area contributed by atoms with Gasteiger partial charge in [-0.1, -0.05) is 6.07 Å². The van der Waals surface area contributed by atoms with E-state index in [2.05, 4.69) is 32.4 Å². The molecule has 2 atom stereocenters. The van der Waals surface area contributed by atoms with Crippen molar-refractivity contribution >= 4 is 28.1 Å². The average molecular weight is 382 g/mol. The molecule has 2 unspecified atom stereocenters. The van der Waals surface area contributed by atoms with Crippen molar-refractivity contribution in [2.45, 2.75) is 50.7 Å². The van der Waals surface area contributed by atoms with Crippen LogP contribution in [0.4, 0.5) is 0 Å². The Kier molecular flexibility index (Phi) is 4.02. The van der Waals surface area contributed by atoms with Gasteiger partial charge in [-0.05, 0) is 51.8 Å². The smallest absolute Gasteiger partial charge is 0.272 e. The highest BCUT2D eigenvalue weighted by molar-refractivity contribution is 7.14. The molecule has 2 aromatic heterocycles. The van der Waals surface area contributed by atoms with Crippen LogP contribution in [0.5, 0.6) is 0 Å². The standard InChI is InChI=1S/C20H23N5OS/c1-11-10-21-20(27-11)12-3-6-16-17(7-12)23-24-18(16)19(26)22-13-8-14-4-5-15(9-13)25(14)2/h3,6-7,10,13-15H,4-5,8-9H2,1-2H3,(H,22,26)(H,23,24). The fourth-order valence-electron chi connectivity index (χ4n) is 4.60. The molecule has 2 N–H and O–H groups in total. The summed E-state index contributed by atoms with van der Waals surface area (Å²) in [6.45, 7) is 2.05. The first-order valence-electron chi connectivity index (χ1n) is 9.52. The van der Waals surface area contributed by atoms with Gasteiger partial charge in [0.25, 0.3) is 5.91 Å². The second-order valence-corrected chi connectivity index (χ2v) is 9.04. The van der Waals surface area contributed by atoms with E-state index in [1.54, 1.807) is 11.3 Å². The van der Waals surface area contributed by atoms with Crippen molar-refractivity contribution in [2.75, 3.05) is 7.05 Å². The number of rotatable bonds is 3. The van der Waals surface area contributed by atoms with Crippen LogP contribution in [0.2, 0.25) is 0 Å². The molecular formula is C20H23N5OS. The summed E-state index contributed by atoms with van der Waals surface area (Å²) in [6, 6.07) is 7.47. The molecule has 3 aromatic rings. The zero-order chi connectivity index (χ0) is 18.5. The van der Waals surface area contributed by atoms with E-state index in [0.29, 0.717) is 17.8 Å². The predicted octanol–water partition coefficient (Wildman–Crippen LogP) is 3.35. The van der Waals surface area contributed by atoms with Crippen molar-refractivity contribution in [2.24, 2.45) is 0 Å². The fraction of sp³-hybridized carbons (Fsp3) is 0.450. The number of nitrogens with zero attached hydrogens (tertiary/aromatic N) is 3. The van der Waals surface area contributed by atoms with Crippen molar-refractivity contribution in [3.05, 3.63) is 35.0 Å². The molecule has 1 aromatic carbocycles. The minimum Gasteiger partial charge on any atom is -0.348 e. The van der Waals surface area contributed by atoms with Crippen molar-refractivity contribution in [3.63, 3.8) is 0 Å². The number of carbonyl (C=O) groups excluding carboxylic acids is 1. The van der Waals surface area contributed by atoms with E-state index in [1.807, 2.05) is 31.3 Å². The summed E-state index contributed by atoms with van der Waals surface area (Å²) in [6.07, 6.45) is 6.45. The summed E-state index contributed by atoms with van der Waals surface area (Å²) in [5.74, 6) is -0.0759. The highest BCUT2D eigenvalue weighted by Gasteiger charge is 2.39. The van der Waals surface area contributed by atoms with Crippen molar-refractivity contribution < 1.29 is 4.79 Å². The quantitative estimate of drug-likeness (QED) is 0.730. The molecule has 2 fully saturated rings. The summed E-state index contributed by atoms with van der Waals surface area (Å²) in [5, 5.41) is 12.4. The molecule has 0 aliphatic carbocycles. The highest BCUT2D eigenvalue weighted by Crippen LogP contribution is 2.34. The number of benzene rings is 1. The zero-order valence-electron chi connectivity index (χ0n) is 15.5. The van der Waals surface area contributed by atoms with Crippen LogP contribution >= 0.6 is 11.3 Å². The number of carbonyl (C=O) groups is 1. The molecule has 0 saturated carbocycles. The largest absolute Gasteiger partial charge is 0.348 e. The van der Waals surface area contributed by atoms with Crippen LogP contribution in [0.1, 0.15) is 41.0 Å². The van der Waals surface area contributed by atoms with Gasteiger partial charge in [0.2, 0.25) is 0 Å². The maximum absolute atomic E-state index is 12.8. The lowest BCUT2D eigenvalue weighted by molar-refractivity contribution is 0.0879. The number of H-pyrrole nitrogens is 1. The normalized spacial score (nSPS) is 25.2. The van der Waals surface area contributed by atoms with E-state index in [9.17, 15) is 4.79 Å². The van der Waals surface area contributed by atoms with Crippen LogP contribution in [0.25, 0.3) is 21.5 Å². The molecule has 0 spiro atoms. The van der Waals surface area contributed by atoms with Gasteiger partial charge in [-0.3, -0.25) is 9.89 Å². The Morgan fingerprint density at radius 2 is 2.07 bits per heavy atom. The first-order valence-corrected chi connectivity index (χ1v) is 10.3. The zero-order valence-corrected chi connectivity index (χ0v) is 16.3. The van der Waals surface area contributed by atoms with Gasteiger partial charge in [0.15, 0.2) is 5.69 Å². The van der Waals surface area contributed by atoms with E-state index in [4.69, 9.17) is 0 Å². The minimum atomic E-state index is -0.0759.